The minimum atomic E-state index is -0.315. The summed E-state index contributed by atoms with van der Waals surface area (Å²) >= 11 is 0. The summed E-state index contributed by atoms with van der Waals surface area (Å²) in [7, 11) is 0. The van der Waals surface area contributed by atoms with E-state index in [1.165, 1.54) is 0 Å². The molecule has 1 rings (SSSR count). The van der Waals surface area contributed by atoms with E-state index < -0.39 is 0 Å². The van der Waals surface area contributed by atoms with Gasteiger partial charge in [-0.15, -0.1) is 6.42 Å². The molecule has 11 heavy (non-hydrogen) atoms. The normalized spacial score (nSPS) is 18.9. The fraction of sp³-hybridized carbons (Fsp3) is 0.667. The zero-order valence-electron chi connectivity index (χ0n) is 6.67. The molecule has 0 amide bonds. The van der Waals surface area contributed by atoms with E-state index >= 15 is 0 Å². The van der Waals surface area contributed by atoms with E-state index in [9.17, 15) is 4.79 Å². The van der Waals surface area contributed by atoms with Crippen molar-refractivity contribution in [3.63, 3.8) is 0 Å². The number of hydrogen-bond acceptors (Lipinski definition) is 2. The summed E-state index contributed by atoms with van der Waals surface area (Å²) < 4.78 is 5.23. The average molecular weight is 152 g/mol. The first-order chi connectivity index (χ1) is 5.29. The van der Waals surface area contributed by atoms with Gasteiger partial charge in [0, 0.05) is 6.61 Å². The molecule has 0 aromatic rings. The molecule has 0 aromatic carbocycles. The Morgan fingerprint density at radius 3 is 2.82 bits per heavy atom. The van der Waals surface area contributed by atoms with Crippen LogP contribution in [0.15, 0.2) is 0 Å². The van der Waals surface area contributed by atoms with Crippen molar-refractivity contribution in [2.75, 3.05) is 6.61 Å². The van der Waals surface area contributed by atoms with Crippen molar-refractivity contribution in [2.45, 2.75) is 25.9 Å². The monoisotopic (exact) mass is 152 g/mol. The summed E-state index contributed by atoms with van der Waals surface area (Å²) in [6.07, 6.45) is 6.84. The lowest BCUT2D eigenvalue weighted by Crippen LogP contribution is -2.25. The van der Waals surface area contributed by atoms with Crippen LogP contribution in [0.25, 0.3) is 0 Å². The molecule has 2 nitrogen and oxygen atoms in total. The predicted molar refractivity (Wildman–Crippen MR) is 42.0 cm³/mol. The maximum Gasteiger partial charge on any atom is 0.234 e. The van der Waals surface area contributed by atoms with Crippen LogP contribution in [-0.4, -0.2) is 18.5 Å². The largest absolute Gasteiger partial charge is 0.369 e. The first-order valence-corrected chi connectivity index (χ1v) is 3.91. The Labute approximate surface area is 66.9 Å². The molecule has 0 saturated heterocycles. The molecule has 0 heterocycles. The van der Waals surface area contributed by atoms with Crippen molar-refractivity contribution < 1.29 is 9.53 Å². The molecule has 0 aliphatic heterocycles. The van der Waals surface area contributed by atoms with Crippen LogP contribution in [0, 0.1) is 18.3 Å². The maximum atomic E-state index is 11.0. The Hall–Kier alpha value is -0.810. The molecule has 1 aliphatic carbocycles. The van der Waals surface area contributed by atoms with Gasteiger partial charge in [-0.3, -0.25) is 4.79 Å². The van der Waals surface area contributed by atoms with E-state index in [1.54, 1.807) is 0 Å². The van der Waals surface area contributed by atoms with Gasteiger partial charge in [0.1, 0.15) is 6.10 Å². The molecular formula is C9H12O2. The maximum absolute atomic E-state index is 11.0. The summed E-state index contributed by atoms with van der Waals surface area (Å²) in [6.45, 7) is 2.44. The zero-order chi connectivity index (χ0) is 8.27. The molecule has 1 fully saturated rings. The fourth-order valence-corrected chi connectivity index (χ4v) is 1.09. The van der Waals surface area contributed by atoms with Crippen molar-refractivity contribution in [1.82, 2.24) is 0 Å². The Balaban J connectivity index is 2.45. The Morgan fingerprint density at radius 1 is 1.82 bits per heavy atom. The van der Waals surface area contributed by atoms with Gasteiger partial charge in [-0.1, -0.05) is 0 Å². The molecule has 0 aromatic heterocycles. The number of ketones is 1. The van der Waals surface area contributed by atoms with Gasteiger partial charge < -0.3 is 4.74 Å². The topological polar surface area (TPSA) is 26.3 Å². The average Bonchev–Trinajstić information content (AvgIpc) is 2.81. The predicted octanol–water partition coefficient (Wildman–Crippen LogP) is 1.00. The van der Waals surface area contributed by atoms with E-state index in [1.807, 2.05) is 6.92 Å². The first kappa shape index (κ1) is 8.29. The van der Waals surface area contributed by atoms with Crippen molar-refractivity contribution in [2.24, 2.45) is 5.92 Å². The van der Waals surface area contributed by atoms with E-state index in [4.69, 9.17) is 11.2 Å². The number of ether oxygens (including phenoxy) is 1. The van der Waals surface area contributed by atoms with Gasteiger partial charge in [-0.05, 0) is 31.6 Å². The van der Waals surface area contributed by atoms with Gasteiger partial charge in [0.05, 0.1) is 0 Å². The SMILES string of the molecule is C#CC(=O)C(OCC)C1CC1. The van der Waals surface area contributed by atoms with Crippen LogP contribution in [0.1, 0.15) is 19.8 Å². The van der Waals surface area contributed by atoms with Crippen LogP contribution in [0.2, 0.25) is 0 Å². The molecule has 0 radical (unpaired) electrons. The zero-order valence-corrected chi connectivity index (χ0v) is 6.67. The lowest BCUT2D eigenvalue weighted by Gasteiger charge is -2.10. The van der Waals surface area contributed by atoms with Gasteiger partial charge in [-0.2, -0.15) is 0 Å². The summed E-state index contributed by atoms with van der Waals surface area (Å²) in [5, 5.41) is 0. The molecule has 1 atom stereocenters. The molecule has 1 saturated carbocycles. The second-order valence-corrected chi connectivity index (χ2v) is 2.72. The first-order valence-electron chi connectivity index (χ1n) is 3.91. The molecule has 0 bridgehead atoms. The third kappa shape index (κ3) is 2.06. The van der Waals surface area contributed by atoms with Gasteiger partial charge in [0.2, 0.25) is 5.78 Å². The number of rotatable bonds is 4. The minimum Gasteiger partial charge on any atom is -0.369 e. The number of carbonyl (C=O) groups is 1. The van der Waals surface area contributed by atoms with Crippen molar-refractivity contribution in [3.8, 4) is 12.3 Å². The van der Waals surface area contributed by atoms with Crippen LogP contribution >= 0.6 is 0 Å². The Kier molecular flexibility index (Phi) is 2.67. The quantitative estimate of drug-likeness (QED) is 0.444. The number of Topliss-reactive ketones (excluding diaryl/α,β-unsaturated/α-hetero) is 1. The second kappa shape index (κ2) is 3.54. The Bertz CT molecular complexity index is 186. The van der Waals surface area contributed by atoms with Gasteiger partial charge in [-0.25, -0.2) is 0 Å². The van der Waals surface area contributed by atoms with Gasteiger partial charge in [0.25, 0.3) is 0 Å². The highest BCUT2D eigenvalue weighted by Crippen LogP contribution is 2.34. The summed E-state index contributed by atoms with van der Waals surface area (Å²) in [6, 6.07) is 0. The second-order valence-electron chi connectivity index (χ2n) is 2.72. The summed E-state index contributed by atoms with van der Waals surface area (Å²) in [5.74, 6) is 2.31. The number of terminal acetylenes is 1. The molecule has 1 aliphatic rings. The highest BCUT2D eigenvalue weighted by atomic mass is 16.5. The summed E-state index contributed by atoms with van der Waals surface area (Å²) in [4.78, 5) is 11.0. The highest BCUT2D eigenvalue weighted by molar-refractivity contribution is 5.98. The van der Waals surface area contributed by atoms with Crippen LogP contribution < -0.4 is 0 Å². The van der Waals surface area contributed by atoms with E-state index in [0.717, 1.165) is 12.8 Å². The summed E-state index contributed by atoms with van der Waals surface area (Å²) in [5.41, 5.74) is 0. The van der Waals surface area contributed by atoms with Crippen molar-refractivity contribution in [3.05, 3.63) is 0 Å². The molecule has 2 heteroatoms. The smallest absolute Gasteiger partial charge is 0.234 e. The molecule has 0 spiro atoms. The van der Waals surface area contributed by atoms with Crippen molar-refractivity contribution >= 4 is 5.78 Å². The Morgan fingerprint density at radius 2 is 2.45 bits per heavy atom. The minimum absolute atomic E-state index is 0.200. The van der Waals surface area contributed by atoms with Crippen LogP contribution in [0.5, 0.6) is 0 Å². The van der Waals surface area contributed by atoms with E-state index in [0.29, 0.717) is 12.5 Å². The van der Waals surface area contributed by atoms with Gasteiger partial charge in [0.15, 0.2) is 0 Å². The number of carbonyl (C=O) groups excluding carboxylic acids is 1. The fourth-order valence-electron chi connectivity index (χ4n) is 1.09. The standard InChI is InChI=1S/C9H12O2/c1-3-8(10)9(11-4-2)7-5-6-7/h1,7,9H,4-6H2,2H3. The van der Waals surface area contributed by atoms with Crippen LogP contribution in [0.4, 0.5) is 0 Å². The third-order valence-electron chi connectivity index (χ3n) is 1.80. The molecule has 0 N–H and O–H groups in total. The lowest BCUT2D eigenvalue weighted by atomic mass is 10.1. The van der Waals surface area contributed by atoms with E-state index in [2.05, 4.69) is 5.92 Å². The van der Waals surface area contributed by atoms with Crippen LogP contribution in [0.3, 0.4) is 0 Å². The molecular weight excluding hydrogens is 140 g/mol. The third-order valence-corrected chi connectivity index (χ3v) is 1.80. The van der Waals surface area contributed by atoms with Crippen molar-refractivity contribution in [1.29, 1.82) is 0 Å². The molecule has 1 unspecified atom stereocenters. The molecule has 60 valence electrons. The van der Waals surface area contributed by atoms with Gasteiger partial charge >= 0.3 is 0 Å². The number of hydrogen-bond donors (Lipinski definition) is 0. The lowest BCUT2D eigenvalue weighted by molar-refractivity contribution is -0.125. The highest BCUT2D eigenvalue weighted by Gasteiger charge is 2.35. The van der Waals surface area contributed by atoms with E-state index in [-0.39, 0.29) is 11.9 Å². The van der Waals surface area contributed by atoms with Crippen LogP contribution in [-0.2, 0) is 9.53 Å².